The largest absolute Gasteiger partial charge is 0.497 e. The van der Waals surface area contributed by atoms with E-state index in [1.807, 2.05) is 42.5 Å². The smallest absolute Gasteiger partial charge is 0.252 e. The van der Waals surface area contributed by atoms with Gasteiger partial charge in [0.05, 0.1) is 31.8 Å². The van der Waals surface area contributed by atoms with Crippen LogP contribution in [0.4, 0.5) is 0 Å². The second-order valence-electron chi connectivity index (χ2n) is 8.46. The zero-order chi connectivity index (χ0) is 24.6. The molecule has 9 nitrogen and oxygen atoms in total. The Morgan fingerprint density at radius 1 is 1.11 bits per heavy atom. The highest BCUT2D eigenvalue weighted by molar-refractivity contribution is 5.80. The van der Waals surface area contributed by atoms with Gasteiger partial charge in [-0.3, -0.25) is 9.69 Å². The average molecular weight is 477 g/mol. The van der Waals surface area contributed by atoms with E-state index in [1.165, 1.54) is 5.56 Å². The van der Waals surface area contributed by atoms with Gasteiger partial charge >= 0.3 is 0 Å². The van der Waals surface area contributed by atoms with Gasteiger partial charge in [0, 0.05) is 31.8 Å². The highest BCUT2D eigenvalue weighted by Gasteiger charge is 2.25. The molecule has 0 spiro atoms. The number of methoxy groups -OCH3 is 2. The number of ether oxygens (including phenoxy) is 2. The number of aromatic nitrogens is 5. The fourth-order valence-corrected chi connectivity index (χ4v) is 4.34. The van der Waals surface area contributed by atoms with E-state index in [1.54, 1.807) is 18.9 Å². The molecule has 1 N–H and O–H groups in total. The highest BCUT2D eigenvalue weighted by Crippen LogP contribution is 2.25. The summed E-state index contributed by atoms with van der Waals surface area (Å²) < 4.78 is 12.3. The predicted octanol–water partition coefficient (Wildman–Crippen LogP) is 3.37. The number of pyridine rings is 1. The molecule has 0 aliphatic rings. The Bertz CT molecular complexity index is 1290. The zero-order valence-electron chi connectivity index (χ0n) is 20.5. The summed E-state index contributed by atoms with van der Waals surface area (Å²) in [6.45, 7) is 4.43. The lowest BCUT2D eigenvalue weighted by molar-refractivity contribution is 0.158. The first-order valence-corrected chi connectivity index (χ1v) is 11.9. The molecule has 0 aliphatic carbocycles. The van der Waals surface area contributed by atoms with E-state index >= 15 is 0 Å². The third-order valence-corrected chi connectivity index (χ3v) is 6.23. The molecule has 2 aromatic heterocycles. The Labute approximate surface area is 204 Å². The number of aromatic amines is 1. The maximum Gasteiger partial charge on any atom is 0.252 e. The Balaban J connectivity index is 1.66. The molecule has 9 heteroatoms. The van der Waals surface area contributed by atoms with Crippen molar-refractivity contribution in [1.82, 2.24) is 30.1 Å². The molecular formula is C26H32N6O3. The van der Waals surface area contributed by atoms with Gasteiger partial charge in [-0.2, -0.15) is 0 Å². The van der Waals surface area contributed by atoms with Crippen molar-refractivity contribution in [2.24, 2.45) is 0 Å². The SMILES string of the molecule is CC[C@@H](c1nnnn1CCOC)N(CCc1ccccc1)Cc1cc2ccc(OC)cc2[nH]c1=O. The second-order valence-corrected chi connectivity index (χ2v) is 8.46. The molecule has 4 aromatic rings. The number of rotatable bonds is 12. The quantitative estimate of drug-likeness (QED) is 0.335. The van der Waals surface area contributed by atoms with Crippen molar-refractivity contribution in [3.05, 3.63) is 81.9 Å². The van der Waals surface area contributed by atoms with Crippen molar-refractivity contribution in [1.29, 1.82) is 0 Å². The summed E-state index contributed by atoms with van der Waals surface area (Å²) in [4.78, 5) is 18.4. The van der Waals surface area contributed by atoms with E-state index in [4.69, 9.17) is 9.47 Å². The Kier molecular flexibility index (Phi) is 8.23. The van der Waals surface area contributed by atoms with Crippen molar-refractivity contribution in [2.75, 3.05) is 27.4 Å². The van der Waals surface area contributed by atoms with E-state index in [9.17, 15) is 4.79 Å². The highest BCUT2D eigenvalue weighted by atomic mass is 16.5. The predicted molar refractivity (Wildman–Crippen MR) is 134 cm³/mol. The summed E-state index contributed by atoms with van der Waals surface area (Å²) >= 11 is 0. The number of nitrogens with zero attached hydrogens (tertiary/aromatic N) is 5. The van der Waals surface area contributed by atoms with Crippen molar-refractivity contribution < 1.29 is 9.47 Å². The minimum absolute atomic E-state index is 0.0588. The van der Waals surface area contributed by atoms with E-state index in [0.717, 1.165) is 36.1 Å². The van der Waals surface area contributed by atoms with Crippen LogP contribution in [0.1, 0.15) is 36.3 Å². The molecule has 4 rings (SSSR count). The zero-order valence-corrected chi connectivity index (χ0v) is 20.5. The van der Waals surface area contributed by atoms with Crippen molar-refractivity contribution in [3.63, 3.8) is 0 Å². The van der Waals surface area contributed by atoms with E-state index in [2.05, 4.69) is 44.5 Å². The summed E-state index contributed by atoms with van der Waals surface area (Å²) in [5, 5.41) is 13.4. The first-order chi connectivity index (χ1) is 17.1. The molecule has 35 heavy (non-hydrogen) atoms. The van der Waals surface area contributed by atoms with Gasteiger partial charge in [0.1, 0.15) is 5.75 Å². The van der Waals surface area contributed by atoms with Crippen LogP contribution < -0.4 is 10.3 Å². The molecule has 0 amide bonds. The van der Waals surface area contributed by atoms with Gasteiger partial charge in [-0.25, -0.2) is 4.68 Å². The van der Waals surface area contributed by atoms with Crippen LogP contribution in [0.2, 0.25) is 0 Å². The van der Waals surface area contributed by atoms with Gasteiger partial charge in [0.2, 0.25) is 0 Å². The average Bonchev–Trinajstić information content (AvgIpc) is 3.35. The van der Waals surface area contributed by atoms with Crippen molar-refractivity contribution in [3.8, 4) is 5.75 Å². The van der Waals surface area contributed by atoms with Crippen molar-refractivity contribution >= 4 is 10.9 Å². The Hall–Kier alpha value is -3.56. The molecular weight excluding hydrogens is 444 g/mol. The lowest BCUT2D eigenvalue weighted by Crippen LogP contribution is -2.34. The van der Waals surface area contributed by atoms with Crippen LogP contribution in [0, 0.1) is 0 Å². The van der Waals surface area contributed by atoms with Gasteiger partial charge in [-0.05, 0) is 52.4 Å². The van der Waals surface area contributed by atoms with Crippen molar-refractivity contribution in [2.45, 2.75) is 38.9 Å². The number of hydrogen-bond acceptors (Lipinski definition) is 7. The van der Waals surface area contributed by atoms with E-state index in [-0.39, 0.29) is 11.6 Å². The first-order valence-electron chi connectivity index (χ1n) is 11.9. The maximum absolute atomic E-state index is 13.1. The monoisotopic (exact) mass is 476 g/mol. The molecule has 0 unspecified atom stereocenters. The molecule has 2 aromatic carbocycles. The molecule has 1 atom stereocenters. The number of fused-ring (bicyclic) bond motifs is 1. The van der Waals surface area contributed by atoms with Gasteiger partial charge in [0.15, 0.2) is 5.82 Å². The van der Waals surface area contributed by atoms with Gasteiger partial charge < -0.3 is 14.5 Å². The van der Waals surface area contributed by atoms with Gasteiger partial charge in [0.25, 0.3) is 5.56 Å². The second kappa shape index (κ2) is 11.7. The Morgan fingerprint density at radius 3 is 2.69 bits per heavy atom. The lowest BCUT2D eigenvalue weighted by Gasteiger charge is -2.30. The van der Waals surface area contributed by atoms with Crippen LogP contribution in [0.25, 0.3) is 10.9 Å². The van der Waals surface area contributed by atoms with Crippen LogP contribution in [0.3, 0.4) is 0 Å². The molecule has 0 fully saturated rings. The first kappa shape index (κ1) is 24.6. The molecule has 0 saturated carbocycles. The van der Waals surface area contributed by atoms with Gasteiger partial charge in [-0.1, -0.05) is 37.3 Å². The third kappa shape index (κ3) is 5.93. The summed E-state index contributed by atoms with van der Waals surface area (Å²) in [5.74, 6) is 1.49. The van der Waals surface area contributed by atoms with E-state index < -0.39 is 0 Å². The van der Waals surface area contributed by atoms with Crippen LogP contribution in [0.5, 0.6) is 5.75 Å². The lowest BCUT2D eigenvalue weighted by atomic mass is 10.1. The van der Waals surface area contributed by atoms with Gasteiger partial charge in [-0.15, -0.1) is 5.10 Å². The number of tetrazole rings is 1. The fraction of sp³-hybridized carbons (Fsp3) is 0.385. The minimum atomic E-state index is -0.107. The van der Waals surface area contributed by atoms with Crippen LogP contribution in [-0.4, -0.2) is 57.5 Å². The van der Waals surface area contributed by atoms with Crippen LogP contribution in [-0.2, 0) is 24.2 Å². The topological polar surface area (TPSA) is 98.2 Å². The number of H-pyrrole nitrogens is 1. The molecule has 0 saturated heterocycles. The normalized spacial score (nSPS) is 12.3. The molecule has 0 aliphatic heterocycles. The molecule has 184 valence electrons. The summed E-state index contributed by atoms with van der Waals surface area (Å²) in [7, 11) is 3.28. The van der Waals surface area contributed by atoms with Crippen LogP contribution in [0.15, 0.2) is 59.4 Å². The standard InChI is InChI=1S/C26H32N6O3/c1-4-24(25-28-29-30-32(25)14-15-34-2)31(13-12-19-8-6-5-7-9-19)18-21-16-20-10-11-22(35-3)17-23(20)27-26(21)33/h5-11,16-17,24H,4,12-15,18H2,1-3H3,(H,27,33)/t24-/m0/s1. The molecule has 0 radical (unpaired) electrons. The van der Waals surface area contributed by atoms with Crippen LogP contribution >= 0.6 is 0 Å². The number of hydrogen-bond donors (Lipinski definition) is 1. The van der Waals surface area contributed by atoms with E-state index in [0.29, 0.717) is 31.0 Å². The Morgan fingerprint density at radius 2 is 1.94 bits per heavy atom. The maximum atomic E-state index is 13.1. The summed E-state index contributed by atoms with van der Waals surface area (Å²) in [6.07, 6.45) is 1.64. The number of benzene rings is 2. The third-order valence-electron chi connectivity index (χ3n) is 6.23. The summed E-state index contributed by atoms with van der Waals surface area (Å²) in [6, 6.07) is 18.0. The minimum Gasteiger partial charge on any atom is -0.497 e. The fourth-order valence-electron chi connectivity index (χ4n) is 4.34. The molecule has 0 bridgehead atoms. The summed E-state index contributed by atoms with van der Waals surface area (Å²) in [5.41, 5.74) is 2.59. The number of nitrogens with one attached hydrogen (secondary N) is 1. The molecule has 2 heterocycles.